The van der Waals surface area contributed by atoms with E-state index in [9.17, 15) is 0 Å². The Morgan fingerprint density at radius 2 is 2.24 bits per heavy atom. The van der Waals surface area contributed by atoms with Gasteiger partial charge in [-0.05, 0) is 30.4 Å². The van der Waals surface area contributed by atoms with Crippen LogP contribution in [0.3, 0.4) is 0 Å². The standard InChI is InChI=1S/C13H19N3S/c1-2-3-7-17-8-6-13-15-11-5-4-10(14)9-12(11)16-13/h4-5,9H,2-3,6-8,14H2,1H3,(H,15,16). The monoisotopic (exact) mass is 249 g/mol. The van der Waals surface area contributed by atoms with Crippen LogP contribution >= 0.6 is 11.8 Å². The van der Waals surface area contributed by atoms with Crippen molar-refractivity contribution in [2.24, 2.45) is 0 Å². The van der Waals surface area contributed by atoms with Gasteiger partial charge in [-0.3, -0.25) is 0 Å². The van der Waals surface area contributed by atoms with E-state index < -0.39 is 0 Å². The third-order valence-electron chi connectivity index (χ3n) is 2.68. The van der Waals surface area contributed by atoms with Crippen LogP contribution in [0, 0.1) is 0 Å². The minimum atomic E-state index is 0.782. The second-order valence-electron chi connectivity index (χ2n) is 4.18. The number of hydrogen-bond donors (Lipinski definition) is 2. The molecule has 2 aromatic rings. The fourth-order valence-corrected chi connectivity index (χ4v) is 2.75. The Morgan fingerprint density at radius 1 is 1.35 bits per heavy atom. The fourth-order valence-electron chi connectivity index (χ4n) is 1.72. The Labute approximate surface area is 106 Å². The molecule has 1 aromatic heterocycles. The second kappa shape index (κ2) is 5.96. The van der Waals surface area contributed by atoms with Crippen molar-refractivity contribution < 1.29 is 0 Å². The Bertz CT molecular complexity index is 478. The number of benzene rings is 1. The van der Waals surface area contributed by atoms with Crippen LogP contribution in [0.15, 0.2) is 18.2 Å². The molecule has 1 aromatic carbocycles. The summed E-state index contributed by atoms with van der Waals surface area (Å²) in [4.78, 5) is 7.87. The maximum atomic E-state index is 5.74. The topological polar surface area (TPSA) is 54.7 Å². The molecule has 92 valence electrons. The number of thioether (sulfide) groups is 1. The van der Waals surface area contributed by atoms with Gasteiger partial charge in [-0.25, -0.2) is 4.98 Å². The molecule has 2 rings (SSSR count). The summed E-state index contributed by atoms with van der Waals surface area (Å²) in [7, 11) is 0. The highest BCUT2D eigenvalue weighted by Crippen LogP contribution is 2.16. The summed E-state index contributed by atoms with van der Waals surface area (Å²) < 4.78 is 0. The van der Waals surface area contributed by atoms with Crippen LogP contribution in [0.4, 0.5) is 5.69 Å². The van der Waals surface area contributed by atoms with Crippen LogP contribution < -0.4 is 5.73 Å². The number of H-pyrrole nitrogens is 1. The van der Waals surface area contributed by atoms with E-state index in [4.69, 9.17) is 5.73 Å². The highest BCUT2D eigenvalue weighted by Gasteiger charge is 2.02. The van der Waals surface area contributed by atoms with Crippen molar-refractivity contribution >= 4 is 28.5 Å². The number of fused-ring (bicyclic) bond motifs is 1. The highest BCUT2D eigenvalue weighted by atomic mass is 32.2. The minimum Gasteiger partial charge on any atom is -0.399 e. The predicted molar refractivity (Wildman–Crippen MR) is 76.4 cm³/mol. The summed E-state index contributed by atoms with van der Waals surface area (Å²) in [6, 6.07) is 5.80. The SMILES string of the molecule is CCCCSCCc1nc2ccc(N)cc2[nH]1. The normalized spacial score (nSPS) is 11.1. The van der Waals surface area contributed by atoms with Crippen LogP contribution in [0.2, 0.25) is 0 Å². The number of imidazole rings is 1. The van der Waals surface area contributed by atoms with Gasteiger partial charge in [-0.1, -0.05) is 13.3 Å². The van der Waals surface area contributed by atoms with Crippen molar-refractivity contribution in [3.63, 3.8) is 0 Å². The molecule has 4 heteroatoms. The van der Waals surface area contributed by atoms with Crippen molar-refractivity contribution in [1.29, 1.82) is 0 Å². The van der Waals surface area contributed by atoms with Gasteiger partial charge >= 0.3 is 0 Å². The lowest BCUT2D eigenvalue weighted by Crippen LogP contribution is -1.92. The van der Waals surface area contributed by atoms with Crippen molar-refractivity contribution in [3.05, 3.63) is 24.0 Å². The number of nitrogen functional groups attached to an aromatic ring is 1. The van der Waals surface area contributed by atoms with Crippen LogP contribution in [-0.4, -0.2) is 21.5 Å². The predicted octanol–water partition coefficient (Wildman–Crippen LogP) is 3.22. The summed E-state index contributed by atoms with van der Waals surface area (Å²) in [5.74, 6) is 3.45. The number of nitrogens with two attached hydrogens (primary N) is 1. The molecule has 0 unspecified atom stereocenters. The Hall–Kier alpha value is -1.16. The van der Waals surface area contributed by atoms with Crippen molar-refractivity contribution in [2.45, 2.75) is 26.2 Å². The van der Waals surface area contributed by atoms with Crippen LogP contribution in [-0.2, 0) is 6.42 Å². The van der Waals surface area contributed by atoms with E-state index >= 15 is 0 Å². The molecule has 1 heterocycles. The molecule has 0 fully saturated rings. The Balaban J connectivity index is 1.91. The van der Waals surface area contributed by atoms with Gasteiger partial charge in [-0.15, -0.1) is 0 Å². The maximum absolute atomic E-state index is 5.74. The molecule has 3 nitrogen and oxygen atoms in total. The zero-order valence-electron chi connectivity index (χ0n) is 10.2. The second-order valence-corrected chi connectivity index (χ2v) is 5.40. The number of anilines is 1. The number of nitrogens with zero attached hydrogens (tertiary/aromatic N) is 1. The van der Waals surface area contributed by atoms with E-state index in [-0.39, 0.29) is 0 Å². The molecule has 0 aliphatic rings. The molecule has 17 heavy (non-hydrogen) atoms. The number of rotatable bonds is 6. The summed E-state index contributed by atoms with van der Waals surface area (Å²) in [5.41, 5.74) is 8.57. The van der Waals surface area contributed by atoms with Gasteiger partial charge < -0.3 is 10.7 Å². The average Bonchev–Trinajstić information content (AvgIpc) is 2.70. The molecule has 0 aliphatic heterocycles. The van der Waals surface area contributed by atoms with Crippen LogP contribution in [0.5, 0.6) is 0 Å². The maximum Gasteiger partial charge on any atom is 0.108 e. The molecule has 0 saturated carbocycles. The van der Waals surface area contributed by atoms with E-state index in [1.807, 2.05) is 30.0 Å². The molecule has 0 radical (unpaired) electrons. The summed E-state index contributed by atoms with van der Waals surface area (Å²) in [6.07, 6.45) is 3.58. The average molecular weight is 249 g/mol. The number of nitrogens with one attached hydrogen (secondary N) is 1. The number of unbranched alkanes of at least 4 members (excludes halogenated alkanes) is 1. The van der Waals surface area contributed by atoms with Gasteiger partial charge in [0.05, 0.1) is 11.0 Å². The third-order valence-corrected chi connectivity index (χ3v) is 3.75. The molecule has 0 aliphatic carbocycles. The first-order chi connectivity index (χ1) is 8.29. The third kappa shape index (κ3) is 3.40. The van der Waals surface area contributed by atoms with E-state index in [0.29, 0.717) is 0 Å². The first-order valence-electron chi connectivity index (χ1n) is 6.11. The fraction of sp³-hybridized carbons (Fsp3) is 0.462. The van der Waals surface area contributed by atoms with Crippen LogP contribution in [0.25, 0.3) is 11.0 Å². The molecule has 0 amide bonds. The smallest absolute Gasteiger partial charge is 0.108 e. The molecule has 3 N–H and O–H groups in total. The van der Waals surface area contributed by atoms with E-state index in [1.165, 1.54) is 18.6 Å². The van der Waals surface area contributed by atoms with Crippen LogP contribution in [0.1, 0.15) is 25.6 Å². The number of aryl methyl sites for hydroxylation is 1. The molecule has 0 spiro atoms. The van der Waals surface area contributed by atoms with Gasteiger partial charge in [-0.2, -0.15) is 11.8 Å². The number of aromatic nitrogens is 2. The van der Waals surface area contributed by atoms with Gasteiger partial charge in [0.25, 0.3) is 0 Å². The summed E-state index contributed by atoms with van der Waals surface area (Å²) in [5, 5.41) is 0. The lowest BCUT2D eigenvalue weighted by Gasteiger charge is -1.97. The Morgan fingerprint density at radius 3 is 3.06 bits per heavy atom. The molecule has 0 bridgehead atoms. The summed E-state index contributed by atoms with van der Waals surface area (Å²) in [6.45, 7) is 2.23. The number of aromatic amines is 1. The largest absolute Gasteiger partial charge is 0.399 e. The lowest BCUT2D eigenvalue weighted by atomic mass is 10.3. The van der Waals surface area contributed by atoms with Crippen molar-refractivity contribution in [2.75, 3.05) is 17.2 Å². The summed E-state index contributed by atoms with van der Waals surface area (Å²) >= 11 is 2.00. The van der Waals surface area contributed by atoms with E-state index in [1.54, 1.807) is 0 Å². The Kier molecular flexibility index (Phi) is 4.31. The van der Waals surface area contributed by atoms with Crippen molar-refractivity contribution in [1.82, 2.24) is 9.97 Å². The first kappa shape index (κ1) is 12.3. The van der Waals surface area contributed by atoms with Gasteiger partial charge in [0.1, 0.15) is 5.82 Å². The minimum absolute atomic E-state index is 0.782. The van der Waals surface area contributed by atoms with Crippen molar-refractivity contribution in [3.8, 4) is 0 Å². The van der Waals surface area contributed by atoms with E-state index in [2.05, 4.69) is 16.9 Å². The zero-order chi connectivity index (χ0) is 12.1. The number of hydrogen-bond acceptors (Lipinski definition) is 3. The lowest BCUT2D eigenvalue weighted by molar-refractivity contribution is 0.894. The first-order valence-corrected chi connectivity index (χ1v) is 7.27. The van der Waals surface area contributed by atoms with Gasteiger partial charge in [0.2, 0.25) is 0 Å². The quantitative estimate of drug-likeness (QED) is 0.610. The molecule has 0 saturated heterocycles. The van der Waals surface area contributed by atoms with Gasteiger partial charge in [0, 0.05) is 17.9 Å². The molecule has 0 atom stereocenters. The van der Waals surface area contributed by atoms with Gasteiger partial charge in [0.15, 0.2) is 0 Å². The van der Waals surface area contributed by atoms with E-state index in [0.717, 1.165) is 34.7 Å². The highest BCUT2D eigenvalue weighted by molar-refractivity contribution is 7.99. The zero-order valence-corrected chi connectivity index (χ0v) is 11.0. The molecular formula is C13H19N3S. The molecular weight excluding hydrogens is 230 g/mol.